The molecule has 4 heteroatoms. The van der Waals surface area contributed by atoms with Crippen LogP contribution in [0.25, 0.3) is 0 Å². The maximum atomic E-state index is 4.29. The van der Waals surface area contributed by atoms with Gasteiger partial charge in [-0.3, -0.25) is 9.58 Å². The second-order valence-electron chi connectivity index (χ2n) is 6.37. The van der Waals surface area contributed by atoms with Gasteiger partial charge in [0.25, 0.3) is 0 Å². The molecular formula is C16H28N4. The van der Waals surface area contributed by atoms with Gasteiger partial charge < -0.3 is 5.32 Å². The van der Waals surface area contributed by atoms with Crippen molar-refractivity contribution in [2.45, 2.75) is 70.1 Å². The summed E-state index contributed by atoms with van der Waals surface area (Å²) in [6.45, 7) is 5.74. The number of aryl methyl sites for hydroxylation is 1. The van der Waals surface area contributed by atoms with Crippen molar-refractivity contribution in [3.63, 3.8) is 0 Å². The molecule has 3 heterocycles. The lowest BCUT2D eigenvalue weighted by Crippen LogP contribution is -2.49. The van der Waals surface area contributed by atoms with Crippen LogP contribution in [0.1, 0.15) is 45.4 Å². The van der Waals surface area contributed by atoms with Gasteiger partial charge in [-0.15, -0.1) is 0 Å². The zero-order valence-corrected chi connectivity index (χ0v) is 12.7. The monoisotopic (exact) mass is 276 g/mol. The van der Waals surface area contributed by atoms with Crippen LogP contribution in [0, 0.1) is 0 Å². The molecule has 0 spiro atoms. The van der Waals surface area contributed by atoms with Crippen molar-refractivity contribution >= 4 is 0 Å². The lowest BCUT2D eigenvalue weighted by molar-refractivity contribution is 0.113. The Labute approximate surface area is 122 Å². The molecule has 2 atom stereocenters. The van der Waals surface area contributed by atoms with Crippen LogP contribution >= 0.6 is 0 Å². The predicted octanol–water partition coefficient (Wildman–Crippen LogP) is 2.27. The first-order valence-electron chi connectivity index (χ1n) is 8.33. The first-order valence-corrected chi connectivity index (χ1v) is 8.33. The van der Waals surface area contributed by atoms with Gasteiger partial charge in [0.05, 0.1) is 0 Å². The Balaban J connectivity index is 1.45. The zero-order valence-electron chi connectivity index (χ0n) is 12.7. The van der Waals surface area contributed by atoms with E-state index in [0.717, 1.165) is 24.7 Å². The highest BCUT2D eigenvalue weighted by Gasteiger charge is 2.39. The van der Waals surface area contributed by atoms with Crippen molar-refractivity contribution in [3.05, 3.63) is 18.5 Å². The highest BCUT2D eigenvalue weighted by molar-refractivity contribution is 4.97. The van der Waals surface area contributed by atoms with Gasteiger partial charge in [0.1, 0.15) is 0 Å². The summed E-state index contributed by atoms with van der Waals surface area (Å²) in [5.41, 5.74) is 0. The summed E-state index contributed by atoms with van der Waals surface area (Å²) in [6, 6.07) is 4.45. The first kappa shape index (κ1) is 14.1. The molecule has 0 aliphatic carbocycles. The van der Waals surface area contributed by atoms with Gasteiger partial charge in [0.15, 0.2) is 0 Å². The molecule has 0 amide bonds. The predicted molar refractivity (Wildman–Crippen MR) is 81.7 cm³/mol. The smallest absolute Gasteiger partial charge is 0.0489 e. The number of piperidine rings is 1. The van der Waals surface area contributed by atoms with Gasteiger partial charge in [0.2, 0.25) is 0 Å². The summed E-state index contributed by atoms with van der Waals surface area (Å²) in [4.78, 5) is 2.79. The summed E-state index contributed by atoms with van der Waals surface area (Å²) >= 11 is 0. The minimum absolute atomic E-state index is 0.773. The highest BCUT2D eigenvalue weighted by Crippen LogP contribution is 2.35. The van der Waals surface area contributed by atoms with E-state index in [0.29, 0.717) is 0 Å². The third kappa shape index (κ3) is 3.23. The topological polar surface area (TPSA) is 33.1 Å². The molecule has 1 N–H and O–H groups in total. The molecule has 112 valence electrons. The van der Waals surface area contributed by atoms with E-state index in [4.69, 9.17) is 0 Å². The van der Waals surface area contributed by atoms with E-state index in [1.165, 1.54) is 51.6 Å². The Bertz CT molecular complexity index is 375. The molecule has 2 bridgehead atoms. The van der Waals surface area contributed by atoms with Crippen LogP contribution in [0.2, 0.25) is 0 Å². The normalized spacial score (nSPS) is 29.9. The first-order chi connectivity index (χ1) is 9.86. The van der Waals surface area contributed by atoms with Crippen molar-refractivity contribution in [3.8, 4) is 0 Å². The second kappa shape index (κ2) is 6.72. The molecule has 4 nitrogen and oxygen atoms in total. The summed E-state index contributed by atoms with van der Waals surface area (Å²) in [5.74, 6) is 0. The van der Waals surface area contributed by atoms with Crippen LogP contribution in [0.15, 0.2) is 18.5 Å². The SMILES string of the molecule is CCCNC1CC2CCC(C1)N2CCCn1cccn1. The van der Waals surface area contributed by atoms with Crippen LogP contribution in [0.5, 0.6) is 0 Å². The number of fused-ring (bicyclic) bond motifs is 2. The van der Waals surface area contributed by atoms with E-state index in [2.05, 4.69) is 33.1 Å². The van der Waals surface area contributed by atoms with Gasteiger partial charge in [0, 0.05) is 43.6 Å². The molecule has 1 aromatic rings. The minimum atomic E-state index is 0.773. The van der Waals surface area contributed by atoms with E-state index >= 15 is 0 Å². The third-order valence-corrected chi connectivity index (χ3v) is 4.93. The van der Waals surface area contributed by atoms with Gasteiger partial charge in [-0.2, -0.15) is 5.10 Å². The van der Waals surface area contributed by atoms with Gasteiger partial charge in [-0.05, 0) is 51.1 Å². The number of nitrogens with one attached hydrogen (secondary N) is 1. The van der Waals surface area contributed by atoms with Crippen LogP contribution in [0.3, 0.4) is 0 Å². The fourth-order valence-corrected chi connectivity index (χ4v) is 4.00. The second-order valence-corrected chi connectivity index (χ2v) is 6.37. The van der Waals surface area contributed by atoms with Crippen LogP contribution in [-0.2, 0) is 6.54 Å². The molecule has 2 aliphatic rings. The summed E-state index contributed by atoms with van der Waals surface area (Å²) in [7, 11) is 0. The fourth-order valence-electron chi connectivity index (χ4n) is 4.00. The molecule has 20 heavy (non-hydrogen) atoms. The third-order valence-electron chi connectivity index (χ3n) is 4.93. The van der Waals surface area contributed by atoms with Crippen LogP contribution < -0.4 is 5.32 Å². The fraction of sp³-hybridized carbons (Fsp3) is 0.812. The number of nitrogens with zero attached hydrogens (tertiary/aromatic N) is 3. The molecule has 2 saturated heterocycles. The number of rotatable bonds is 7. The van der Waals surface area contributed by atoms with Crippen LogP contribution in [-0.4, -0.2) is 45.9 Å². The lowest BCUT2D eigenvalue weighted by Gasteiger charge is -2.39. The molecule has 0 aromatic carbocycles. The Morgan fingerprint density at radius 3 is 2.65 bits per heavy atom. The summed E-state index contributed by atoms with van der Waals surface area (Å²) in [6.07, 6.45) is 12.0. The largest absolute Gasteiger partial charge is 0.314 e. The molecule has 0 radical (unpaired) electrons. The number of aromatic nitrogens is 2. The maximum absolute atomic E-state index is 4.29. The quantitative estimate of drug-likeness (QED) is 0.829. The number of hydrogen-bond acceptors (Lipinski definition) is 3. The Morgan fingerprint density at radius 1 is 1.20 bits per heavy atom. The van der Waals surface area contributed by atoms with E-state index in [-0.39, 0.29) is 0 Å². The van der Waals surface area contributed by atoms with Gasteiger partial charge >= 0.3 is 0 Å². The molecule has 2 aliphatic heterocycles. The molecule has 2 unspecified atom stereocenters. The van der Waals surface area contributed by atoms with Crippen molar-refractivity contribution in [1.82, 2.24) is 20.0 Å². The lowest BCUT2D eigenvalue weighted by atomic mass is 9.97. The molecule has 1 aromatic heterocycles. The van der Waals surface area contributed by atoms with E-state index in [1.807, 2.05) is 12.3 Å². The van der Waals surface area contributed by atoms with E-state index in [9.17, 15) is 0 Å². The Hall–Kier alpha value is -0.870. The average Bonchev–Trinajstić information content (AvgIpc) is 3.04. The van der Waals surface area contributed by atoms with Gasteiger partial charge in [-0.25, -0.2) is 0 Å². The minimum Gasteiger partial charge on any atom is -0.314 e. The highest BCUT2D eigenvalue weighted by atomic mass is 15.3. The van der Waals surface area contributed by atoms with E-state index < -0.39 is 0 Å². The average molecular weight is 276 g/mol. The Kier molecular flexibility index (Phi) is 4.73. The van der Waals surface area contributed by atoms with Crippen molar-refractivity contribution in [2.75, 3.05) is 13.1 Å². The summed E-state index contributed by atoms with van der Waals surface area (Å²) in [5, 5.41) is 8.02. The van der Waals surface area contributed by atoms with Crippen LogP contribution in [0.4, 0.5) is 0 Å². The standard InChI is InChI=1S/C16H28N4/c1-2-7-17-14-12-15-5-6-16(13-14)20(15)11-4-10-19-9-3-8-18-19/h3,8-9,14-17H,2,4-7,10-13H2,1H3. The zero-order chi connectivity index (χ0) is 13.8. The number of hydrogen-bond donors (Lipinski definition) is 1. The molecule has 0 saturated carbocycles. The van der Waals surface area contributed by atoms with Gasteiger partial charge in [-0.1, -0.05) is 6.92 Å². The maximum Gasteiger partial charge on any atom is 0.0489 e. The van der Waals surface area contributed by atoms with Crippen molar-refractivity contribution in [1.29, 1.82) is 0 Å². The Morgan fingerprint density at radius 2 is 2.00 bits per heavy atom. The van der Waals surface area contributed by atoms with Crippen molar-refractivity contribution < 1.29 is 0 Å². The molecular weight excluding hydrogens is 248 g/mol. The molecule has 3 rings (SSSR count). The van der Waals surface area contributed by atoms with E-state index in [1.54, 1.807) is 0 Å². The van der Waals surface area contributed by atoms with Crippen molar-refractivity contribution in [2.24, 2.45) is 0 Å². The molecule has 2 fully saturated rings. The summed E-state index contributed by atoms with van der Waals surface area (Å²) < 4.78 is 2.05.